The van der Waals surface area contributed by atoms with Crippen LogP contribution in [0.1, 0.15) is 5.56 Å². The predicted molar refractivity (Wildman–Crippen MR) is 54.8 cm³/mol. The number of nitrogens with zero attached hydrogens (tertiary/aromatic N) is 1. The van der Waals surface area contributed by atoms with Crippen LogP contribution in [-0.2, 0) is 0 Å². The van der Waals surface area contributed by atoms with Crippen LogP contribution in [0.4, 0.5) is 0 Å². The van der Waals surface area contributed by atoms with E-state index in [1.54, 1.807) is 0 Å². The number of hydrogen-bond acceptors (Lipinski definition) is 2. The summed E-state index contributed by atoms with van der Waals surface area (Å²) in [6.07, 6.45) is 1.42. The van der Waals surface area contributed by atoms with Crippen LogP contribution >= 0.6 is 15.9 Å². The van der Waals surface area contributed by atoms with E-state index in [9.17, 15) is 4.79 Å². The van der Waals surface area contributed by atoms with Crippen molar-refractivity contribution < 1.29 is 0 Å². The Morgan fingerprint density at radius 1 is 1.46 bits per heavy atom. The molecule has 0 saturated heterocycles. The molecule has 2 rings (SSSR count). The number of aryl methyl sites for hydroxylation is 1. The monoisotopic (exact) mass is 238 g/mol. The van der Waals surface area contributed by atoms with E-state index in [4.69, 9.17) is 0 Å². The molecule has 4 heteroatoms. The Bertz CT molecular complexity index is 518. The van der Waals surface area contributed by atoms with Crippen LogP contribution in [0.3, 0.4) is 0 Å². The van der Waals surface area contributed by atoms with E-state index in [2.05, 4.69) is 25.9 Å². The molecule has 1 aromatic heterocycles. The lowest BCUT2D eigenvalue weighted by Gasteiger charge is -2.00. The quantitative estimate of drug-likeness (QED) is 0.764. The number of aromatic amines is 1. The molecule has 1 aromatic carbocycles. The van der Waals surface area contributed by atoms with Crippen molar-refractivity contribution in [1.29, 1.82) is 0 Å². The molecule has 3 nitrogen and oxygen atoms in total. The maximum Gasteiger partial charge on any atom is 0.259 e. The lowest BCUT2D eigenvalue weighted by atomic mass is 10.1. The molecule has 0 atom stereocenters. The van der Waals surface area contributed by atoms with Crippen LogP contribution in [0.2, 0.25) is 0 Å². The van der Waals surface area contributed by atoms with Gasteiger partial charge in [0.05, 0.1) is 17.2 Å². The summed E-state index contributed by atoms with van der Waals surface area (Å²) in [5.74, 6) is 0. The molecule has 13 heavy (non-hydrogen) atoms. The predicted octanol–water partition coefficient (Wildman–Crippen LogP) is 1.99. The first-order valence-electron chi connectivity index (χ1n) is 3.82. The maximum atomic E-state index is 11.4. The molecule has 0 amide bonds. The molecule has 0 radical (unpaired) electrons. The molecule has 1 N–H and O–H groups in total. The highest BCUT2D eigenvalue weighted by molar-refractivity contribution is 9.10. The van der Waals surface area contributed by atoms with Crippen molar-refractivity contribution in [2.45, 2.75) is 6.92 Å². The average molecular weight is 239 g/mol. The lowest BCUT2D eigenvalue weighted by molar-refractivity contribution is 1.16. The Morgan fingerprint density at radius 3 is 2.92 bits per heavy atom. The first kappa shape index (κ1) is 8.44. The molecule has 0 spiro atoms. The molecular formula is C9H7BrN2O. The standard InChI is InChI=1S/C9H7BrN2O/c1-5-2-3-6(10)7-8(5)11-4-12-9(7)13/h2-4H,1H3,(H,11,12,13). The Morgan fingerprint density at radius 2 is 2.23 bits per heavy atom. The molecule has 2 aromatic rings. The number of hydrogen-bond donors (Lipinski definition) is 1. The van der Waals surface area contributed by atoms with Crippen molar-refractivity contribution >= 4 is 26.8 Å². The van der Waals surface area contributed by atoms with Gasteiger partial charge in [-0.25, -0.2) is 4.98 Å². The molecule has 0 aliphatic carbocycles. The number of H-pyrrole nitrogens is 1. The summed E-state index contributed by atoms with van der Waals surface area (Å²) >= 11 is 3.32. The number of benzene rings is 1. The normalized spacial score (nSPS) is 10.6. The van der Waals surface area contributed by atoms with Gasteiger partial charge in [0, 0.05) is 4.47 Å². The third-order valence-corrected chi connectivity index (χ3v) is 2.61. The van der Waals surface area contributed by atoms with Crippen molar-refractivity contribution in [3.63, 3.8) is 0 Å². The third-order valence-electron chi connectivity index (χ3n) is 1.95. The summed E-state index contributed by atoms with van der Waals surface area (Å²) in [6.45, 7) is 1.93. The zero-order valence-corrected chi connectivity index (χ0v) is 8.55. The van der Waals surface area contributed by atoms with Crippen molar-refractivity contribution in [3.8, 4) is 0 Å². The third kappa shape index (κ3) is 1.27. The second kappa shape index (κ2) is 2.96. The summed E-state index contributed by atoms with van der Waals surface area (Å²) in [5, 5.41) is 0.613. The SMILES string of the molecule is Cc1ccc(Br)c2c(=O)[nH]cnc12. The minimum atomic E-state index is -0.111. The van der Waals surface area contributed by atoms with E-state index in [0.717, 1.165) is 15.6 Å². The highest BCUT2D eigenvalue weighted by atomic mass is 79.9. The molecule has 0 aliphatic heterocycles. The lowest BCUT2D eigenvalue weighted by Crippen LogP contribution is -2.07. The summed E-state index contributed by atoms with van der Waals surface area (Å²) < 4.78 is 0.780. The highest BCUT2D eigenvalue weighted by Gasteiger charge is 2.05. The largest absolute Gasteiger partial charge is 0.313 e. The van der Waals surface area contributed by atoms with E-state index in [1.165, 1.54) is 6.33 Å². The minimum Gasteiger partial charge on any atom is -0.313 e. The van der Waals surface area contributed by atoms with Crippen LogP contribution in [0, 0.1) is 6.92 Å². The maximum absolute atomic E-state index is 11.4. The number of aromatic nitrogens is 2. The van der Waals surface area contributed by atoms with Crippen LogP contribution in [0.25, 0.3) is 10.9 Å². The molecule has 0 saturated carbocycles. The highest BCUT2D eigenvalue weighted by Crippen LogP contribution is 2.21. The van der Waals surface area contributed by atoms with E-state index < -0.39 is 0 Å². The Kier molecular flexibility index (Phi) is 1.92. The van der Waals surface area contributed by atoms with Crippen LogP contribution < -0.4 is 5.56 Å². The molecule has 0 fully saturated rings. The topological polar surface area (TPSA) is 45.8 Å². The smallest absolute Gasteiger partial charge is 0.259 e. The number of nitrogens with one attached hydrogen (secondary N) is 1. The van der Waals surface area contributed by atoms with Gasteiger partial charge in [0.1, 0.15) is 0 Å². The van der Waals surface area contributed by atoms with Gasteiger partial charge in [-0.1, -0.05) is 6.07 Å². The number of fused-ring (bicyclic) bond motifs is 1. The van der Waals surface area contributed by atoms with E-state index in [-0.39, 0.29) is 5.56 Å². The van der Waals surface area contributed by atoms with Crippen LogP contribution in [0.15, 0.2) is 27.7 Å². The Hall–Kier alpha value is -1.16. The second-order valence-electron chi connectivity index (χ2n) is 2.82. The molecule has 66 valence electrons. The zero-order chi connectivity index (χ0) is 9.42. The first-order chi connectivity index (χ1) is 6.20. The van der Waals surface area contributed by atoms with Crippen LogP contribution in [-0.4, -0.2) is 9.97 Å². The van der Waals surface area contributed by atoms with E-state index >= 15 is 0 Å². The Balaban J connectivity index is 3.09. The van der Waals surface area contributed by atoms with Crippen molar-refractivity contribution in [2.75, 3.05) is 0 Å². The summed E-state index contributed by atoms with van der Waals surface area (Å²) in [4.78, 5) is 18.1. The van der Waals surface area contributed by atoms with Gasteiger partial charge in [-0.05, 0) is 34.5 Å². The molecule has 0 unspecified atom stereocenters. The fourth-order valence-electron chi connectivity index (χ4n) is 1.28. The number of halogens is 1. The van der Waals surface area contributed by atoms with Crippen molar-refractivity contribution in [1.82, 2.24) is 9.97 Å². The van der Waals surface area contributed by atoms with Gasteiger partial charge in [0.25, 0.3) is 5.56 Å². The summed E-state index contributed by atoms with van der Waals surface area (Å²) in [7, 11) is 0. The van der Waals surface area contributed by atoms with Gasteiger partial charge in [0.15, 0.2) is 0 Å². The minimum absolute atomic E-state index is 0.111. The van der Waals surface area contributed by atoms with Gasteiger partial charge in [-0.15, -0.1) is 0 Å². The second-order valence-corrected chi connectivity index (χ2v) is 3.67. The average Bonchev–Trinajstić information content (AvgIpc) is 2.12. The Labute approximate surface area is 82.9 Å². The first-order valence-corrected chi connectivity index (χ1v) is 4.62. The van der Waals surface area contributed by atoms with Crippen molar-refractivity contribution in [2.24, 2.45) is 0 Å². The fraction of sp³-hybridized carbons (Fsp3) is 0.111. The fourth-order valence-corrected chi connectivity index (χ4v) is 1.78. The summed E-state index contributed by atoms with van der Waals surface area (Å²) in [5.41, 5.74) is 1.64. The number of rotatable bonds is 0. The van der Waals surface area contributed by atoms with Crippen molar-refractivity contribution in [3.05, 3.63) is 38.9 Å². The van der Waals surface area contributed by atoms with Gasteiger partial charge in [0.2, 0.25) is 0 Å². The summed E-state index contributed by atoms with van der Waals surface area (Å²) in [6, 6.07) is 3.79. The van der Waals surface area contributed by atoms with E-state index in [0.29, 0.717) is 5.39 Å². The van der Waals surface area contributed by atoms with E-state index in [1.807, 2.05) is 19.1 Å². The zero-order valence-electron chi connectivity index (χ0n) is 6.97. The molecule has 0 bridgehead atoms. The molecular weight excluding hydrogens is 232 g/mol. The van der Waals surface area contributed by atoms with Gasteiger partial charge in [-0.3, -0.25) is 4.79 Å². The van der Waals surface area contributed by atoms with Gasteiger partial charge < -0.3 is 4.98 Å². The molecule has 1 heterocycles. The molecule has 0 aliphatic rings. The van der Waals surface area contributed by atoms with Gasteiger partial charge >= 0.3 is 0 Å². The van der Waals surface area contributed by atoms with Crippen LogP contribution in [0.5, 0.6) is 0 Å². The van der Waals surface area contributed by atoms with Gasteiger partial charge in [-0.2, -0.15) is 0 Å².